The third-order valence-corrected chi connectivity index (χ3v) is 15.8. The third-order valence-electron chi connectivity index (χ3n) is 15.5. The summed E-state index contributed by atoms with van der Waals surface area (Å²) in [5.74, 6) is 0.460. The average molecular weight is 1240 g/mol. The molecule has 4 heterocycles. The molecule has 3 N–H and O–H groups in total. The predicted molar refractivity (Wildman–Crippen MR) is 319 cm³/mol. The molecule has 2 amide bonds. The summed E-state index contributed by atoms with van der Waals surface area (Å²) in [5, 5.41) is 33.4. The van der Waals surface area contributed by atoms with E-state index in [9.17, 15) is 56.2 Å². The number of carbonyl (C=O) groups excluding carboxylic acids is 2. The molecule has 2 aromatic heterocycles. The molecule has 464 valence electrons. The maximum Gasteiger partial charge on any atom is 0.423 e. The first kappa shape index (κ1) is 66.6. The van der Waals surface area contributed by atoms with Gasteiger partial charge in [-0.2, -0.15) is 26.3 Å². The molecule has 26 heteroatoms. The Hall–Kier alpha value is -6.96. The Labute approximate surface area is 505 Å². The van der Waals surface area contributed by atoms with Crippen LogP contribution in [-0.4, -0.2) is 136 Å². The van der Waals surface area contributed by atoms with E-state index in [0.29, 0.717) is 83.4 Å². The minimum atomic E-state index is -4.82. The minimum Gasteiger partial charge on any atom is -0.382 e. The second kappa shape index (κ2) is 30.6. The van der Waals surface area contributed by atoms with Crippen molar-refractivity contribution in [1.82, 2.24) is 30.0 Å². The Morgan fingerprint density at radius 3 is 1.44 bits per heavy atom. The number of carbonyl (C=O) groups is 2. The number of hydrogen-bond donors (Lipinski definition) is 3. The number of anilines is 2. The van der Waals surface area contributed by atoms with Gasteiger partial charge in [-0.15, -0.1) is 24.0 Å². The molecule has 4 aromatic carbocycles. The number of rotatable bonds is 15. The highest BCUT2D eigenvalue weighted by Gasteiger charge is 2.40. The zero-order chi connectivity index (χ0) is 60.8. The summed E-state index contributed by atoms with van der Waals surface area (Å²) >= 11 is 5.72. The lowest BCUT2D eigenvalue weighted by Crippen LogP contribution is -2.49. The highest BCUT2D eigenvalue weighted by molar-refractivity contribution is 6.17. The van der Waals surface area contributed by atoms with Crippen LogP contribution in [0.4, 0.5) is 49.1 Å². The number of benzene rings is 4. The number of nitrogens with zero attached hydrogens (tertiary/aromatic N) is 7. The van der Waals surface area contributed by atoms with Gasteiger partial charge in [-0.25, -0.2) is 0 Å². The number of ether oxygens (including phenoxy) is 2. The van der Waals surface area contributed by atoms with Gasteiger partial charge >= 0.3 is 12.4 Å². The molecule has 2 aliphatic heterocycles. The van der Waals surface area contributed by atoms with E-state index in [4.69, 9.17) is 21.1 Å². The third kappa shape index (κ3) is 19.0. The Morgan fingerprint density at radius 1 is 0.605 bits per heavy atom. The highest BCUT2D eigenvalue weighted by Crippen LogP contribution is 2.40. The number of piperazine rings is 2. The summed E-state index contributed by atoms with van der Waals surface area (Å²) < 4.78 is 90.9. The molecule has 10 rings (SSSR count). The maximum atomic E-state index is 13.3. The van der Waals surface area contributed by atoms with E-state index in [1.54, 1.807) is 4.90 Å². The van der Waals surface area contributed by atoms with Crippen molar-refractivity contribution < 1.29 is 55.3 Å². The second-order valence-corrected chi connectivity index (χ2v) is 22.1. The number of pyridine rings is 2. The Bertz CT molecular complexity index is 3280. The molecule has 2 saturated carbocycles. The van der Waals surface area contributed by atoms with Crippen molar-refractivity contribution in [3.63, 3.8) is 0 Å². The van der Waals surface area contributed by atoms with Crippen LogP contribution in [0.25, 0.3) is 21.8 Å². The van der Waals surface area contributed by atoms with Gasteiger partial charge in [0.1, 0.15) is 24.3 Å². The fraction of sp³-hybridized carbons (Fsp3) is 0.467. The topological polar surface area (TPSA) is 210 Å². The van der Waals surface area contributed by atoms with Crippen LogP contribution in [0.3, 0.4) is 0 Å². The second-order valence-electron chi connectivity index (χ2n) is 21.8. The molecule has 86 heavy (non-hydrogen) atoms. The summed E-state index contributed by atoms with van der Waals surface area (Å²) in [6, 6.07) is 22.5. The number of aryl methyl sites for hydroxylation is 2. The van der Waals surface area contributed by atoms with Crippen LogP contribution in [0.2, 0.25) is 0 Å². The number of halogens is 8. The van der Waals surface area contributed by atoms with Crippen molar-refractivity contribution in [1.29, 1.82) is 0 Å². The van der Waals surface area contributed by atoms with Gasteiger partial charge in [-0.1, -0.05) is 24.3 Å². The maximum absolute atomic E-state index is 13.3. The Morgan fingerprint density at radius 2 is 1.02 bits per heavy atom. The van der Waals surface area contributed by atoms with Crippen LogP contribution in [0.15, 0.2) is 97.3 Å². The predicted octanol–water partition coefficient (Wildman–Crippen LogP) is 12.0. The molecule has 4 fully saturated rings. The molecular weight excluding hydrogens is 1170 g/mol. The zero-order valence-electron chi connectivity index (χ0n) is 47.6. The van der Waals surface area contributed by atoms with E-state index in [1.807, 2.05) is 17.3 Å². The first-order valence-corrected chi connectivity index (χ1v) is 28.8. The van der Waals surface area contributed by atoms with Crippen LogP contribution in [0.1, 0.15) is 84.7 Å². The monoisotopic (exact) mass is 1240 g/mol. The normalized spacial score (nSPS) is 19.3. The number of nitro benzene ring substituents is 2. The molecule has 4 aliphatic rings. The van der Waals surface area contributed by atoms with E-state index >= 15 is 0 Å². The summed E-state index contributed by atoms with van der Waals surface area (Å²) in [4.78, 5) is 59.6. The quantitative estimate of drug-likeness (QED) is 0.0378. The average Bonchev–Trinajstić information content (AvgIpc) is 1.90. The van der Waals surface area contributed by atoms with E-state index < -0.39 is 44.7 Å². The van der Waals surface area contributed by atoms with E-state index in [-0.39, 0.29) is 73.1 Å². The van der Waals surface area contributed by atoms with Crippen molar-refractivity contribution >= 4 is 80.4 Å². The zero-order valence-corrected chi connectivity index (χ0v) is 49.2. The van der Waals surface area contributed by atoms with Crippen LogP contribution in [0.5, 0.6) is 0 Å². The van der Waals surface area contributed by atoms with Gasteiger partial charge in [0.05, 0.1) is 33.1 Å². The Balaban J connectivity index is 0.000000208. The van der Waals surface area contributed by atoms with Crippen LogP contribution in [0, 0.1) is 34.1 Å². The van der Waals surface area contributed by atoms with Crippen LogP contribution >= 0.6 is 24.0 Å². The van der Waals surface area contributed by atoms with Crippen molar-refractivity contribution in [2.24, 2.45) is 0 Å². The molecule has 6 aromatic rings. The number of aromatic nitrogens is 2. The Kier molecular flexibility index (Phi) is 23.7. The van der Waals surface area contributed by atoms with Crippen molar-refractivity contribution in [2.45, 2.75) is 114 Å². The lowest BCUT2D eigenvalue weighted by atomic mass is 9.92. The molecule has 2 aliphatic carbocycles. The van der Waals surface area contributed by atoms with E-state index in [1.165, 1.54) is 23.3 Å². The molecule has 0 atom stereocenters. The summed E-state index contributed by atoms with van der Waals surface area (Å²) in [5.41, 5.74) is 2.60. The van der Waals surface area contributed by atoms with Crippen LogP contribution in [-0.2, 0) is 43.8 Å². The summed E-state index contributed by atoms with van der Waals surface area (Å²) in [7, 11) is 0. The van der Waals surface area contributed by atoms with E-state index in [0.717, 1.165) is 89.9 Å². The first-order chi connectivity index (χ1) is 40.6. The first-order valence-electron chi connectivity index (χ1n) is 28.3. The number of hydrogen-bond acceptors (Lipinski definition) is 14. The molecule has 2 saturated heterocycles. The van der Waals surface area contributed by atoms with Gasteiger partial charge in [0.25, 0.3) is 11.4 Å². The molecule has 0 unspecified atom stereocenters. The summed E-state index contributed by atoms with van der Waals surface area (Å²) in [6.07, 6.45) is -0.684. The SMILES string of the molecule is Cc1ccc2cc(CCl)cnc2c1.Cc1ccc2cc(CN3CCN(C(=O)COC4CCC(Nc5ccc([N+](=O)[O-])c(C(F)(F)F)c5)CC4)CC3)cnc2c1.Cl.O=C(COC1CCC(Nc2ccc([N+](=O)[O-])c(C(F)(F)F)c2)CC1)N1CCNCC1. The van der Waals surface area contributed by atoms with Gasteiger partial charge in [-0.05, 0) is 136 Å². The molecular formula is C60H70Cl2F6N10O8. The number of nitro groups is 2. The van der Waals surface area contributed by atoms with E-state index in [2.05, 4.69) is 93.2 Å². The molecule has 0 radical (unpaired) electrons. The molecule has 0 bridgehead atoms. The largest absolute Gasteiger partial charge is 0.423 e. The standard InChI is InChI=1S/C30H34F3N5O4.C19H25F3N4O4.C11H10ClN.ClH/c1-20-2-3-22-15-21(17-34-27(22)14-20)18-36-10-12-37(13-11-36)29(39)19-42-25-7-4-23(5-8-25)35-24-6-9-28(38(40)41)26(16-24)30(31,32)33;20-19(21,22)16-11-14(3-6-17(16)26(28)29)24-13-1-4-15(5-2-13)30-12-18(27)25-9-7-23-8-10-25;1-8-2-3-10-5-9(6-12)7-13-11(10)4-8;/h2-3,6,9,14-17,23,25,35H,4-5,7-8,10-13,18-19H2,1H3;3,6,11,13,15,23-24H,1-2,4-5,7-10,12H2;2-5,7H,6H2,1H3;1H. The highest BCUT2D eigenvalue weighted by atomic mass is 35.5. The minimum absolute atomic E-state index is 0. The fourth-order valence-corrected chi connectivity index (χ4v) is 11.0. The van der Waals surface area contributed by atoms with Crippen molar-refractivity contribution in [3.8, 4) is 0 Å². The smallest absolute Gasteiger partial charge is 0.382 e. The number of amides is 2. The van der Waals surface area contributed by atoms with Crippen LogP contribution < -0.4 is 16.0 Å². The summed E-state index contributed by atoms with van der Waals surface area (Å²) in [6.45, 7) is 10.7. The lowest BCUT2D eigenvalue weighted by molar-refractivity contribution is -0.388. The number of nitrogens with one attached hydrogen (secondary N) is 3. The van der Waals surface area contributed by atoms with Gasteiger partial charge in [0.15, 0.2) is 0 Å². The van der Waals surface area contributed by atoms with Gasteiger partial charge in [0, 0.05) is 124 Å². The van der Waals surface area contributed by atoms with Crippen molar-refractivity contribution in [2.75, 3.05) is 76.2 Å². The molecule has 0 spiro atoms. The lowest BCUT2D eigenvalue weighted by Gasteiger charge is -2.35. The molecule has 18 nitrogen and oxygen atoms in total. The van der Waals surface area contributed by atoms with Gasteiger partial charge in [-0.3, -0.25) is 44.7 Å². The van der Waals surface area contributed by atoms with Crippen molar-refractivity contribution in [3.05, 3.63) is 151 Å². The number of fused-ring (bicyclic) bond motifs is 2. The van der Waals surface area contributed by atoms with Gasteiger partial charge in [0.2, 0.25) is 11.8 Å². The fourth-order valence-electron chi connectivity index (χ4n) is 10.8. The number of alkyl halides is 7. The van der Waals surface area contributed by atoms with Gasteiger partial charge < -0.3 is 35.2 Å².